The topological polar surface area (TPSA) is 39.1 Å². The lowest BCUT2D eigenvalue weighted by Crippen LogP contribution is -2.43. The summed E-state index contributed by atoms with van der Waals surface area (Å²) in [6.45, 7) is 4.43. The second-order valence-corrected chi connectivity index (χ2v) is 6.21. The first-order chi connectivity index (χ1) is 11.2. The van der Waals surface area contributed by atoms with Crippen LogP contribution in [-0.2, 0) is 0 Å². The number of nitrogens with zero attached hydrogens (tertiary/aromatic N) is 3. The van der Waals surface area contributed by atoms with Gasteiger partial charge in [0.2, 0.25) is 5.96 Å². The number of guanidine groups is 1. The van der Waals surface area contributed by atoms with Crippen LogP contribution in [-0.4, -0.2) is 30.7 Å². The maximum atomic E-state index is 10.7. The van der Waals surface area contributed by atoms with E-state index in [4.69, 9.17) is 4.99 Å². The molecule has 2 heterocycles. The van der Waals surface area contributed by atoms with Gasteiger partial charge in [0.25, 0.3) is 0 Å². The number of β-amino-alcohol motifs (C(OH)–C–C–N with tert-alkyl or cyclic N) is 1. The van der Waals surface area contributed by atoms with Gasteiger partial charge in [-0.25, -0.2) is 0 Å². The largest absolute Gasteiger partial charge is 0.387 e. The standard InChI is InChI=1S/C19H21N3O.ClH/c1-14-7-9-15(10-8-14)18(23)13-22-17-6-3-2-5-16(17)21-12-4-11-20-19(21)22;/h2-3,5-10,18,23H,4,11-13H2,1H3;1H. The van der Waals surface area contributed by atoms with Crippen molar-refractivity contribution in [1.82, 2.24) is 0 Å². The van der Waals surface area contributed by atoms with Crippen molar-refractivity contribution < 1.29 is 5.11 Å². The molecule has 5 heteroatoms. The lowest BCUT2D eigenvalue weighted by atomic mass is 10.1. The molecule has 2 aliphatic rings. The molecule has 126 valence electrons. The van der Waals surface area contributed by atoms with E-state index in [1.807, 2.05) is 30.3 Å². The summed E-state index contributed by atoms with van der Waals surface area (Å²) in [5.41, 5.74) is 4.49. The highest BCUT2D eigenvalue weighted by Gasteiger charge is 2.34. The lowest BCUT2D eigenvalue weighted by molar-refractivity contribution is 0.187. The fraction of sp³-hybridized carbons (Fsp3) is 0.316. The number of halogens is 1. The van der Waals surface area contributed by atoms with E-state index in [9.17, 15) is 5.11 Å². The zero-order valence-electron chi connectivity index (χ0n) is 13.7. The number of rotatable bonds is 3. The van der Waals surface area contributed by atoms with Crippen molar-refractivity contribution >= 4 is 29.7 Å². The van der Waals surface area contributed by atoms with E-state index in [0.29, 0.717) is 6.54 Å². The maximum Gasteiger partial charge on any atom is 0.205 e. The molecule has 0 aromatic heterocycles. The molecule has 0 aliphatic carbocycles. The van der Waals surface area contributed by atoms with Crippen LogP contribution in [0, 0.1) is 6.92 Å². The molecule has 2 aliphatic heterocycles. The van der Waals surface area contributed by atoms with Crippen LogP contribution in [0.3, 0.4) is 0 Å². The second kappa shape index (κ2) is 6.83. The highest BCUT2D eigenvalue weighted by molar-refractivity contribution is 6.16. The average molecular weight is 344 g/mol. The van der Waals surface area contributed by atoms with Gasteiger partial charge in [0, 0.05) is 13.1 Å². The van der Waals surface area contributed by atoms with E-state index >= 15 is 0 Å². The van der Waals surface area contributed by atoms with Gasteiger partial charge in [-0.15, -0.1) is 12.4 Å². The number of benzene rings is 2. The molecule has 2 aromatic rings. The molecular formula is C19H22ClN3O. The predicted molar refractivity (Wildman–Crippen MR) is 101 cm³/mol. The molecule has 1 atom stereocenters. The number of anilines is 2. The summed E-state index contributed by atoms with van der Waals surface area (Å²) in [7, 11) is 0. The van der Waals surface area contributed by atoms with Gasteiger partial charge in [0.15, 0.2) is 0 Å². The zero-order chi connectivity index (χ0) is 15.8. The van der Waals surface area contributed by atoms with E-state index in [0.717, 1.165) is 36.7 Å². The molecule has 0 saturated heterocycles. The number of para-hydroxylation sites is 2. The van der Waals surface area contributed by atoms with Crippen molar-refractivity contribution in [2.75, 3.05) is 29.4 Å². The molecule has 1 N–H and O–H groups in total. The maximum absolute atomic E-state index is 10.7. The van der Waals surface area contributed by atoms with Gasteiger partial charge in [0.1, 0.15) is 0 Å². The fourth-order valence-electron chi connectivity index (χ4n) is 3.33. The van der Waals surface area contributed by atoms with Crippen molar-refractivity contribution in [2.45, 2.75) is 19.4 Å². The first-order valence-electron chi connectivity index (χ1n) is 8.17. The normalized spacial score (nSPS) is 16.8. The Bertz CT molecular complexity index is 745. The van der Waals surface area contributed by atoms with Crippen molar-refractivity contribution in [3.05, 3.63) is 59.7 Å². The van der Waals surface area contributed by atoms with Crippen LogP contribution in [0.1, 0.15) is 23.7 Å². The summed E-state index contributed by atoms with van der Waals surface area (Å²) in [6.07, 6.45) is 0.542. The van der Waals surface area contributed by atoms with Gasteiger partial charge in [-0.2, -0.15) is 0 Å². The van der Waals surface area contributed by atoms with Gasteiger partial charge in [-0.1, -0.05) is 42.0 Å². The Morgan fingerprint density at radius 2 is 1.79 bits per heavy atom. The van der Waals surface area contributed by atoms with Crippen LogP contribution in [0.25, 0.3) is 0 Å². The Morgan fingerprint density at radius 1 is 1.08 bits per heavy atom. The van der Waals surface area contributed by atoms with Crippen LogP contribution >= 0.6 is 12.4 Å². The molecular weight excluding hydrogens is 322 g/mol. The summed E-state index contributed by atoms with van der Waals surface area (Å²) < 4.78 is 0. The quantitative estimate of drug-likeness (QED) is 0.926. The molecule has 2 aromatic carbocycles. The Kier molecular flexibility index (Phi) is 4.78. The molecule has 4 rings (SSSR count). The third-order valence-corrected chi connectivity index (χ3v) is 4.56. The minimum atomic E-state index is -0.534. The van der Waals surface area contributed by atoms with Crippen molar-refractivity contribution in [1.29, 1.82) is 0 Å². The van der Waals surface area contributed by atoms with E-state index < -0.39 is 6.10 Å². The van der Waals surface area contributed by atoms with Crippen LogP contribution in [0.2, 0.25) is 0 Å². The fourth-order valence-corrected chi connectivity index (χ4v) is 3.33. The minimum Gasteiger partial charge on any atom is -0.387 e. The average Bonchev–Trinajstić information content (AvgIpc) is 2.90. The first-order valence-corrected chi connectivity index (χ1v) is 8.17. The summed E-state index contributed by atoms with van der Waals surface area (Å²) in [4.78, 5) is 9.12. The van der Waals surface area contributed by atoms with Crippen molar-refractivity contribution in [2.24, 2.45) is 4.99 Å². The molecule has 24 heavy (non-hydrogen) atoms. The van der Waals surface area contributed by atoms with Gasteiger partial charge in [-0.3, -0.25) is 4.99 Å². The third kappa shape index (κ3) is 2.87. The van der Waals surface area contributed by atoms with Crippen LogP contribution in [0.15, 0.2) is 53.5 Å². The van der Waals surface area contributed by atoms with Gasteiger partial charge < -0.3 is 14.9 Å². The van der Waals surface area contributed by atoms with E-state index in [2.05, 4.69) is 34.9 Å². The SMILES string of the molecule is Cc1ccc(C(O)CN2C3=NCCCN3c3ccccc32)cc1.Cl. The summed E-state index contributed by atoms with van der Waals surface area (Å²) in [5.74, 6) is 0.976. The predicted octanol–water partition coefficient (Wildman–Crippen LogP) is 3.54. The lowest BCUT2D eigenvalue weighted by Gasteiger charge is -2.28. The number of aliphatic imine (C=N–C) groups is 1. The van der Waals surface area contributed by atoms with Gasteiger partial charge in [0.05, 0.1) is 24.0 Å². The second-order valence-electron chi connectivity index (χ2n) is 6.21. The van der Waals surface area contributed by atoms with Crippen LogP contribution in [0.4, 0.5) is 11.4 Å². The first kappa shape index (κ1) is 16.8. The van der Waals surface area contributed by atoms with Crippen molar-refractivity contribution in [3.63, 3.8) is 0 Å². The van der Waals surface area contributed by atoms with E-state index in [1.165, 1.54) is 11.3 Å². The molecule has 0 fully saturated rings. The summed E-state index contributed by atoms with van der Waals surface area (Å²) in [5, 5.41) is 10.7. The Labute approximate surface area is 148 Å². The van der Waals surface area contributed by atoms with Crippen molar-refractivity contribution in [3.8, 4) is 0 Å². The van der Waals surface area contributed by atoms with Gasteiger partial charge >= 0.3 is 0 Å². The number of hydrogen-bond donors (Lipinski definition) is 1. The number of aliphatic hydroxyl groups excluding tert-OH is 1. The van der Waals surface area contributed by atoms with Gasteiger partial charge in [-0.05, 0) is 31.0 Å². The number of aliphatic hydroxyl groups is 1. The Balaban J connectivity index is 0.00000169. The summed E-state index contributed by atoms with van der Waals surface area (Å²) in [6, 6.07) is 16.4. The zero-order valence-corrected chi connectivity index (χ0v) is 14.5. The molecule has 1 unspecified atom stereocenters. The molecule has 0 saturated carbocycles. The Morgan fingerprint density at radius 3 is 2.54 bits per heavy atom. The summed E-state index contributed by atoms with van der Waals surface area (Å²) >= 11 is 0. The molecule has 4 nitrogen and oxygen atoms in total. The van der Waals surface area contributed by atoms with E-state index in [-0.39, 0.29) is 12.4 Å². The highest BCUT2D eigenvalue weighted by Crippen LogP contribution is 2.39. The molecule has 0 amide bonds. The number of aryl methyl sites for hydroxylation is 1. The highest BCUT2D eigenvalue weighted by atomic mass is 35.5. The van der Waals surface area contributed by atoms with Crippen LogP contribution in [0.5, 0.6) is 0 Å². The van der Waals surface area contributed by atoms with E-state index in [1.54, 1.807) is 0 Å². The van der Waals surface area contributed by atoms with Crippen LogP contribution < -0.4 is 9.80 Å². The molecule has 0 spiro atoms. The molecule has 0 bridgehead atoms. The monoisotopic (exact) mass is 343 g/mol. The number of hydrogen-bond acceptors (Lipinski definition) is 4. The Hall–Kier alpha value is -2.04. The third-order valence-electron chi connectivity index (χ3n) is 4.56. The molecule has 0 radical (unpaired) electrons. The smallest absolute Gasteiger partial charge is 0.205 e. The number of fused-ring (bicyclic) bond motifs is 3. The minimum absolute atomic E-state index is 0.